The average Bonchev–Trinajstić information content (AvgIpc) is 2.95. The largest absolute Gasteiger partial charge is 0.479 e. The van der Waals surface area contributed by atoms with E-state index in [1.807, 2.05) is 0 Å². The van der Waals surface area contributed by atoms with E-state index in [0.29, 0.717) is 6.42 Å². The molecule has 14 atom stereocenters. The molecule has 0 spiro atoms. The molecule has 1 saturated heterocycles. The van der Waals surface area contributed by atoms with Crippen molar-refractivity contribution in [2.75, 3.05) is 0 Å². The standard InChI is InChI=1S/C36H56O9/c1-31(2)15-16-33(5)19(17-31)18-9-10-21-34(6)13-12-22(44-30-25(39)23(37)24(38)26(45-30)29(42)43)32(3,4)20(34)11-14-35(21,7)36(18,8)28(41)27(33)40/h9,19-26,28,30,37-39,41H,10-17H2,1-8H3,(H,42,43)/t19-,20-,21+,22-,23-,24-,25+,26-,28-,30+,33-,34-,35+,36-/m0/s1. The SMILES string of the molecule is CC1(C)CC[C@]2(C)C(=O)[C@H](O)[C@]3(C)C(=CC[C@@H]4[C@@]5(C)CC[C@H](O[C@@H]6O[C@H](C(=O)O)[C@@H](O)[C@H](O)[C@H]6O)C(C)(C)[C@@H]5CC[C@]43C)[C@@H]2C1. The molecule has 0 amide bonds. The highest BCUT2D eigenvalue weighted by atomic mass is 16.7. The molecular formula is C36H56O9. The van der Waals surface area contributed by atoms with Gasteiger partial charge in [0.2, 0.25) is 0 Å². The summed E-state index contributed by atoms with van der Waals surface area (Å²) in [4.78, 5) is 25.9. The first-order valence-electron chi connectivity index (χ1n) is 17.2. The van der Waals surface area contributed by atoms with Crippen molar-refractivity contribution in [2.45, 2.75) is 150 Å². The fourth-order valence-corrected chi connectivity index (χ4v) is 12.0. The lowest BCUT2D eigenvalue weighted by molar-refractivity contribution is -0.324. The van der Waals surface area contributed by atoms with Gasteiger partial charge in [-0.1, -0.05) is 67.0 Å². The number of rotatable bonds is 3. The van der Waals surface area contributed by atoms with Crippen LogP contribution in [0.3, 0.4) is 0 Å². The fraction of sp³-hybridized carbons (Fsp3) is 0.889. The van der Waals surface area contributed by atoms with Crippen LogP contribution in [-0.4, -0.2) is 80.2 Å². The third-order valence-electron chi connectivity index (χ3n) is 15.0. The number of allylic oxidation sites excluding steroid dienone is 1. The zero-order valence-corrected chi connectivity index (χ0v) is 28.4. The number of ketones is 1. The number of hydrogen-bond acceptors (Lipinski definition) is 8. The second kappa shape index (κ2) is 10.3. The van der Waals surface area contributed by atoms with Gasteiger partial charge in [0.25, 0.3) is 0 Å². The van der Waals surface area contributed by atoms with Crippen LogP contribution < -0.4 is 0 Å². The molecule has 0 aromatic carbocycles. The van der Waals surface area contributed by atoms with Gasteiger partial charge in [-0.25, -0.2) is 4.79 Å². The summed E-state index contributed by atoms with van der Waals surface area (Å²) in [5.41, 5.74) is -0.541. The summed E-state index contributed by atoms with van der Waals surface area (Å²) in [5.74, 6) is -0.834. The summed E-state index contributed by atoms with van der Waals surface area (Å²) < 4.78 is 11.9. The van der Waals surface area contributed by atoms with E-state index >= 15 is 0 Å². The van der Waals surface area contributed by atoms with Gasteiger partial charge in [-0.3, -0.25) is 4.79 Å². The minimum absolute atomic E-state index is 0.0206. The van der Waals surface area contributed by atoms with Gasteiger partial charge in [-0.2, -0.15) is 0 Å². The quantitative estimate of drug-likeness (QED) is 0.227. The van der Waals surface area contributed by atoms with E-state index < -0.39 is 59.0 Å². The van der Waals surface area contributed by atoms with E-state index in [-0.39, 0.29) is 45.9 Å². The van der Waals surface area contributed by atoms with Crippen molar-refractivity contribution in [3.05, 3.63) is 11.6 Å². The van der Waals surface area contributed by atoms with E-state index in [1.54, 1.807) is 0 Å². The van der Waals surface area contributed by atoms with Crippen LogP contribution in [0.4, 0.5) is 0 Å². The number of carboxylic acid groups (broad SMARTS) is 1. The summed E-state index contributed by atoms with van der Waals surface area (Å²) >= 11 is 0. The van der Waals surface area contributed by atoms with Gasteiger partial charge in [-0.15, -0.1) is 0 Å². The smallest absolute Gasteiger partial charge is 0.335 e. The van der Waals surface area contributed by atoms with Gasteiger partial charge in [0, 0.05) is 10.8 Å². The molecule has 6 aliphatic rings. The molecule has 5 aliphatic carbocycles. The second-order valence-electron chi connectivity index (χ2n) is 18.0. The Morgan fingerprint density at radius 1 is 0.867 bits per heavy atom. The monoisotopic (exact) mass is 632 g/mol. The molecule has 0 aromatic rings. The maximum absolute atomic E-state index is 14.2. The Morgan fingerprint density at radius 3 is 2.18 bits per heavy atom. The number of carbonyl (C=O) groups is 2. The van der Waals surface area contributed by atoms with E-state index in [1.165, 1.54) is 5.57 Å². The molecule has 1 heterocycles. The molecule has 6 rings (SSSR count). The van der Waals surface area contributed by atoms with Crippen LogP contribution in [0.15, 0.2) is 11.6 Å². The van der Waals surface area contributed by atoms with E-state index in [0.717, 1.165) is 44.9 Å². The predicted molar refractivity (Wildman–Crippen MR) is 166 cm³/mol. The summed E-state index contributed by atoms with van der Waals surface area (Å²) in [6.45, 7) is 17.9. The molecule has 9 heteroatoms. The highest BCUT2D eigenvalue weighted by Crippen LogP contribution is 2.75. The highest BCUT2D eigenvalue weighted by Gasteiger charge is 2.72. The second-order valence-corrected chi connectivity index (χ2v) is 18.0. The van der Waals surface area contributed by atoms with Gasteiger partial charge in [0.05, 0.1) is 6.10 Å². The van der Waals surface area contributed by atoms with Crippen LogP contribution in [0.1, 0.15) is 107 Å². The predicted octanol–water partition coefficient (Wildman–Crippen LogP) is 4.24. The first-order chi connectivity index (χ1) is 20.7. The highest BCUT2D eigenvalue weighted by molar-refractivity contribution is 5.92. The van der Waals surface area contributed by atoms with Crippen LogP contribution >= 0.6 is 0 Å². The van der Waals surface area contributed by atoms with E-state index in [4.69, 9.17) is 9.47 Å². The minimum atomic E-state index is -1.76. The summed E-state index contributed by atoms with van der Waals surface area (Å²) in [6, 6.07) is 0. The maximum atomic E-state index is 14.2. The fourth-order valence-electron chi connectivity index (χ4n) is 12.0. The van der Waals surface area contributed by atoms with Crippen molar-refractivity contribution in [1.82, 2.24) is 0 Å². The molecule has 5 fully saturated rings. The Labute approximate surface area is 267 Å². The molecule has 254 valence electrons. The van der Waals surface area contributed by atoms with Gasteiger partial charge in [0.15, 0.2) is 18.2 Å². The Morgan fingerprint density at radius 2 is 1.53 bits per heavy atom. The van der Waals surface area contributed by atoms with Crippen molar-refractivity contribution >= 4 is 11.8 Å². The number of fused-ring (bicyclic) bond motifs is 7. The number of Topliss-reactive ketones (excluding diaryl/α,β-unsaturated/α-hetero) is 1. The summed E-state index contributed by atoms with van der Waals surface area (Å²) in [5, 5.41) is 52.8. The first kappa shape index (κ1) is 33.5. The molecule has 0 aromatic heterocycles. The van der Waals surface area contributed by atoms with Gasteiger partial charge in [-0.05, 0) is 90.8 Å². The molecule has 1 aliphatic heterocycles. The number of aliphatic carboxylic acids is 1. The van der Waals surface area contributed by atoms with Crippen LogP contribution in [0.2, 0.25) is 0 Å². The van der Waals surface area contributed by atoms with Crippen molar-refractivity contribution in [3.63, 3.8) is 0 Å². The minimum Gasteiger partial charge on any atom is -0.479 e. The molecule has 0 radical (unpaired) electrons. The Bertz CT molecular complexity index is 1270. The maximum Gasteiger partial charge on any atom is 0.335 e. The molecule has 4 saturated carbocycles. The molecule has 0 unspecified atom stereocenters. The Balaban J connectivity index is 1.31. The lowest BCUT2D eigenvalue weighted by Gasteiger charge is -2.71. The number of hydrogen-bond donors (Lipinski definition) is 5. The van der Waals surface area contributed by atoms with Gasteiger partial charge < -0.3 is 35.0 Å². The Kier molecular flexibility index (Phi) is 7.69. The van der Waals surface area contributed by atoms with Crippen molar-refractivity contribution in [1.29, 1.82) is 0 Å². The molecule has 0 bridgehead atoms. The normalized spacial score (nSPS) is 53.7. The number of ether oxygens (including phenoxy) is 2. The molecule has 9 nitrogen and oxygen atoms in total. The lowest BCUT2D eigenvalue weighted by atomic mass is 9.33. The number of aliphatic hydroxyl groups is 4. The van der Waals surface area contributed by atoms with Gasteiger partial charge in [0.1, 0.15) is 24.4 Å². The third-order valence-corrected chi connectivity index (χ3v) is 15.0. The summed E-state index contributed by atoms with van der Waals surface area (Å²) in [6.07, 6.45) is -0.303. The van der Waals surface area contributed by atoms with Crippen LogP contribution in [-0.2, 0) is 19.1 Å². The van der Waals surface area contributed by atoms with E-state index in [9.17, 15) is 35.1 Å². The van der Waals surface area contributed by atoms with Gasteiger partial charge >= 0.3 is 5.97 Å². The lowest BCUT2D eigenvalue weighted by Crippen LogP contribution is -2.70. The molecule has 5 N–H and O–H groups in total. The zero-order chi connectivity index (χ0) is 33.3. The molecular weight excluding hydrogens is 576 g/mol. The van der Waals surface area contributed by atoms with Crippen LogP contribution in [0.5, 0.6) is 0 Å². The van der Waals surface area contributed by atoms with Crippen LogP contribution in [0.25, 0.3) is 0 Å². The third kappa shape index (κ3) is 4.39. The zero-order valence-electron chi connectivity index (χ0n) is 28.4. The number of aliphatic hydroxyl groups excluding tert-OH is 4. The topological polar surface area (TPSA) is 154 Å². The van der Waals surface area contributed by atoms with Crippen molar-refractivity contribution in [2.24, 2.45) is 50.2 Å². The first-order valence-corrected chi connectivity index (χ1v) is 17.2. The Hall–Kier alpha value is -1.36. The average molecular weight is 633 g/mol. The molecule has 45 heavy (non-hydrogen) atoms. The van der Waals surface area contributed by atoms with E-state index in [2.05, 4.69) is 61.5 Å². The number of carboxylic acids is 1. The van der Waals surface area contributed by atoms with Crippen LogP contribution in [0, 0.1) is 50.2 Å². The van der Waals surface area contributed by atoms with Crippen molar-refractivity contribution in [3.8, 4) is 0 Å². The summed E-state index contributed by atoms with van der Waals surface area (Å²) in [7, 11) is 0. The number of carbonyl (C=O) groups excluding carboxylic acids is 1. The van der Waals surface area contributed by atoms with Crippen molar-refractivity contribution < 1.29 is 44.6 Å².